The average molecular weight is 862 g/mol. The maximum Gasteiger partial charge on any atom is 0.149 e. The van der Waals surface area contributed by atoms with Gasteiger partial charge in [-0.15, -0.1) is 0 Å². The van der Waals surface area contributed by atoms with Gasteiger partial charge in [-0.25, -0.2) is 4.98 Å². The second kappa shape index (κ2) is 16.7. The quantitative estimate of drug-likeness (QED) is 0.166. The number of aromatic nitrogens is 3. The summed E-state index contributed by atoms with van der Waals surface area (Å²) in [4.78, 5) is 9.69. The van der Waals surface area contributed by atoms with E-state index in [1.54, 1.807) is 64.1 Å². The van der Waals surface area contributed by atoms with Gasteiger partial charge in [-0.3, -0.25) is 9.55 Å². The number of nitrogens with zero attached hydrogens (tertiary/aromatic N) is 3. The van der Waals surface area contributed by atoms with Crippen LogP contribution in [0.25, 0.3) is 72.7 Å². The van der Waals surface area contributed by atoms with Crippen LogP contribution < -0.4 is 0 Å². The number of rotatable bonds is 8. The highest BCUT2D eigenvalue weighted by atomic mass is 16.3. The number of para-hydroxylation sites is 1. The fourth-order valence-electron chi connectivity index (χ4n) is 7.85. The number of aromatic hydroxyl groups is 1. The van der Waals surface area contributed by atoms with Gasteiger partial charge in [0.15, 0.2) is 0 Å². The summed E-state index contributed by atoms with van der Waals surface area (Å²) in [5.74, 6) is -2.38. The monoisotopic (exact) mass is 862 g/mol. The topological polar surface area (TPSA) is 50.9 Å². The van der Waals surface area contributed by atoms with E-state index < -0.39 is 96.9 Å². The van der Waals surface area contributed by atoms with Crippen molar-refractivity contribution in [1.29, 1.82) is 0 Å². The van der Waals surface area contributed by atoms with Crippen molar-refractivity contribution >= 4 is 11.0 Å². The van der Waals surface area contributed by atoms with Crippen LogP contribution in [0, 0.1) is 0 Å². The molecule has 2 heterocycles. The van der Waals surface area contributed by atoms with Crippen molar-refractivity contribution in [2.24, 2.45) is 0 Å². The molecule has 0 radical (unpaired) electrons. The highest BCUT2D eigenvalue weighted by molar-refractivity contribution is 5.97. The van der Waals surface area contributed by atoms with Crippen LogP contribution in [0.15, 0.2) is 139 Å². The maximum atomic E-state index is 12.4. The zero-order valence-corrected chi connectivity index (χ0v) is 38.0. The van der Waals surface area contributed by atoms with Gasteiger partial charge in [0.2, 0.25) is 0 Å². The van der Waals surface area contributed by atoms with Gasteiger partial charge in [0.05, 0.1) is 37.6 Å². The third-order valence-electron chi connectivity index (χ3n) is 11.6. The lowest BCUT2D eigenvalue weighted by Gasteiger charge is -2.24. The van der Waals surface area contributed by atoms with Crippen LogP contribution in [0.3, 0.4) is 0 Å². The molecule has 4 heteroatoms. The smallest absolute Gasteiger partial charge is 0.149 e. The number of fused-ring (bicyclic) bond motifs is 1. The Hall–Kier alpha value is -6.26. The molecule has 326 valence electrons. The van der Waals surface area contributed by atoms with E-state index in [9.17, 15) is 9.22 Å². The minimum absolute atomic E-state index is 0.127. The summed E-state index contributed by atoms with van der Waals surface area (Å²) in [5, 5.41) is 12.4. The first-order valence-corrected chi connectivity index (χ1v) is 21.3. The van der Waals surface area contributed by atoms with Crippen molar-refractivity contribution in [2.75, 3.05) is 0 Å². The first-order valence-electron chi connectivity index (χ1n) is 30.3. The second-order valence-corrected chi connectivity index (χ2v) is 19.0. The molecule has 0 unspecified atom stereocenters. The number of pyridine rings is 1. The van der Waals surface area contributed by atoms with E-state index in [-0.39, 0.29) is 39.0 Å². The molecule has 0 fully saturated rings. The van der Waals surface area contributed by atoms with E-state index in [4.69, 9.17) is 25.5 Å². The molecule has 0 bridgehead atoms. The minimum Gasteiger partial charge on any atom is -0.507 e. The van der Waals surface area contributed by atoms with Gasteiger partial charge in [-0.1, -0.05) is 181 Å². The van der Waals surface area contributed by atoms with Crippen molar-refractivity contribution in [1.82, 2.24) is 14.5 Å². The molecule has 64 heavy (non-hydrogen) atoms. The number of imidazole rings is 1. The Morgan fingerprint density at radius 3 is 1.92 bits per heavy atom. The number of benzene rings is 6. The SMILES string of the molecule is [2H]c1nc(-c2cccc(-c3cccc4c3nc(-c3cc(C([2H])(C)C)cc(C([2H])(C)C)c3O)n4-c3ccc(C(C)(C)C)cc3-c3ccc(C(C)(C)C)cc3)c2)c([2H])c(-c2c([2H])c([2H])c(C(C([2H])([2H])[2H])(C([2H])([2H])[2H])C([2H])([2H])[2H])c([2H])c2[2H])c1[2H]. The van der Waals surface area contributed by atoms with Gasteiger partial charge in [0, 0.05) is 37.9 Å². The van der Waals surface area contributed by atoms with Crippen molar-refractivity contribution in [3.05, 3.63) is 167 Å². The zero-order valence-electron chi connectivity index (χ0n) is 56.0. The Bertz CT molecular complexity index is 3780. The molecule has 0 atom stereocenters. The molecule has 8 rings (SSSR count). The predicted molar refractivity (Wildman–Crippen MR) is 272 cm³/mol. The summed E-state index contributed by atoms with van der Waals surface area (Å²) in [6.45, 7) is 7.84. The lowest BCUT2D eigenvalue weighted by Crippen LogP contribution is -2.12. The Kier molecular flexibility index (Phi) is 7.09. The maximum absolute atomic E-state index is 12.4. The van der Waals surface area contributed by atoms with E-state index in [1.807, 2.05) is 28.8 Å². The molecule has 0 saturated heterocycles. The van der Waals surface area contributed by atoms with Crippen LogP contribution in [0.5, 0.6) is 5.75 Å². The molecule has 2 aromatic heterocycles. The van der Waals surface area contributed by atoms with Crippen LogP contribution in [0.2, 0.25) is 0 Å². The predicted octanol–water partition coefficient (Wildman–Crippen LogP) is 16.6. The van der Waals surface area contributed by atoms with Gasteiger partial charge >= 0.3 is 0 Å². The summed E-state index contributed by atoms with van der Waals surface area (Å²) in [7, 11) is 0. The molecule has 0 aliphatic heterocycles. The van der Waals surface area contributed by atoms with Crippen LogP contribution >= 0.6 is 0 Å². The molecule has 6 aromatic carbocycles. The van der Waals surface area contributed by atoms with Crippen molar-refractivity contribution in [2.45, 2.75) is 118 Å². The Morgan fingerprint density at radius 1 is 0.594 bits per heavy atom. The highest BCUT2D eigenvalue weighted by Crippen LogP contribution is 2.45. The first kappa shape index (κ1) is 27.2. The summed E-state index contributed by atoms with van der Waals surface area (Å²) in [5.41, 5.74) is 0.676. The van der Waals surface area contributed by atoms with Crippen LogP contribution in [0.1, 0.15) is 154 Å². The van der Waals surface area contributed by atoms with E-state index in [0.717, 1.165) is 22.3 Å². The first-order chi connectivity index (χ1) is 37.5. The summed E-state index contributed by atoms with van der Waals surface area (Å²) in [6.07, 6.45) is -0.755. The third-order valence-corrected chi connectivity index (χ3v) is 11.6. The molecule has 0 aliphatic rings. The van der Waals surface area contributed by atoms with E-state index in [1.165, 1.54) is 0 Å². The van der Waals surface area contributed by atoms with Crippen LogP contribution in [0.4, 0.5) is 0 Å². The molecule has 8 aromatic rings. The summed E-state index contributed by atoms with van der Waals surface area (Å²) >= 11 is 0. The van der Waals surface area contributed by atoms with E-state index in [0.29, 0.717) is 39.2 Å². The number of hydrogen-bond acceptors (Lipinski definition) is 3. The fourth-order valence-corrected chi connectivity index (χ4v) is 7.85. The molecule has 0 aliphatic carbocycles. The van der Waals surface area contributed by atoms with Crippen molar-refractivity contribution in [3.8, 4) is 67.5 Å². The third kappa shape index (κ3) is 8.68. The Labute approximate surface area is 407 Å². The lowest BCUT2D eigenvalue weighted by atomic mass is 9.83. The van der Waals surface area contributed by atoms with Crippen LogP contribution in [-0.2, 0) is 16.2 Å². The minimum atomic E-state index is -3.93. The Morgan fingerprint density at radius 2 is 1.27 bits per heavy atom. The normalized spacial score (nSPS) is 17.5. The number of phenolic OH excluding ortho intramolecular Hbond substituents is 1. The molecule has 4 nitrogen and oxygen atoms in total. The van der Waals surface area contributed by atoms with Gasteiger partial charge in [-0.05, 0) is 121 Å². The number of phenols is 1. The summed E-state index contributed by atoms with van der Waals surface area (Å²) < 4.78 is 158. The van der Waals surface area contributed by atoms with Gasteiger partial charge in [-0.2, -0.15) is 0 Å². The molecular formula is C60H65N3O. The molecule has 1 N–H and O–H groups in total. The average Bonchev–Trinajstić information content (AvgIpc) is 0.793. The van der Waals surface area contributed by atoms with Crippen molar-refractivity contribution in [3.63, 3.8) is 0 Å². The van der Waals surface area contributed by atoms with E-state index in [2.05, 4.69) is 82.9 Å². The summed E-state index contributed by atoms with van der Waals surface area (Å²) in [6, 6.07) is 23.9. The van der Waals surface area contributed by atoms with Gasteiger partial charge in [0.25, 0.3) is 0 Å². The van der Waals surface area contributed by atoms with Crippen molar-refractivity contribution < 1.29 is 29.8 Å². The molecule has 0 saturated carbocycles. The van der Waals surface area contributed by atoms with E-state index >= 15 is 0 Å². The molecule has 0 spiro atoms. The standard InChI is InChI=1S/C60H65N3O/c1-37(2)44-33-49(38(3)4)56(64)51(34-44)57-62-55-48(42-16-14-17-43(32-42)52-35-41(30-31-61-52)39-20-24-45(25-21-39)58(5,6)7)18-15-19-54(55)63(57)53-29-28-47(60(11,12)13)36-50(53)40-22-26-46(27-23-40)59(8,9)10/h14-38,64H,1-13H3/i5D3,6D3,7D3,20D,21D,24D,25D,30D,31D,35D,37D,38D. The fraction of sp³-hybridized carbons (Fsp3) is 0.300. The second-order valence-electron chi connectivity index (χ2n) is 19.0. The van der Waals surface area contributed by atoms with Gasteiger partial charge < -0.3 is 5.11 Å². The van der Waals surface area contributed by atoms with Crippen LogP contribution in [-0.4, -0.2) is 19.6 Å². The van der Waals surface area contributed by atoms with Gasteiger partial charge in [0.1, 0.15) is 11.6 Å². The number of hydrogen-bond donors (Lipinski definition) is 1. The Balaban J connectivity index is 1.42. The lowest BCUT2D eigenvalue weighted by molar-refractivity contribution is 0.466. The molecule has 0 amide bonds. The largest absolute Gasteiger partial charge is 0.507 e. The highest BCUT2D eigenvalue weighted by Gasteiger charge is 2.26. The zero-order chi connectivity index (χ0) is 61.3. The molecular weight excluding hydrogens is 779 g/mol.